The van der Waals surface area contributed by atoms with Gasteiger partial charge in [0.05, 0.1) is 12.2 Å². The van der Waals surface area contributed by atoms with Crippen LogP contribution in [0.15, 0.2) is 45.3 Å². The van der Waals surface area contributed by atoms with Gasteiger partial charge in [0, 0.05) is 26.3 Å². The highest BCUT2D eigenvalue weighted by Crippen LogP contribution is 2.21. The fraction of sp³-hybridized carbons (Fsp3) is 0.318. The standard InChI is InChI=1S/C22H24Br2N2O4/c1-13-5-6-16(12-17(13)23)20(28)30-10-9-14-7-8-15(11-18(14)24)19(27)25-26-21(29)22(2,3)4/h5-8,11-12H,9-10H2,1-4H3,(H,25,27)(H,26,29). The van der Waals surface area contributed by atoms with Crippen molar-refractivity contribution in [2.45, 2.75) is 34.1 Å². The van der Waals surface area contributed by atoms with Crippen LogP contribution in [0.3, 0.4) is 0 Å². The van der Waals surface area contributed by atoms with E-state index in [9.17, 15) is 14.4 Å². The highest BCUT2D eigenvalue weighted by atomic mass is 79.9. The van der Waals surface area contributed by atoms with Crippen LogP contribution in [0.25, 0.3) is 0 Å². The molecule has 0 saturated carbocycles. The maximum atomic E-state index is 12.2. The van der Waals surface area contributed by atoms with E-state index in [4.69, 9.17) is 4.74 Å². The molecule has 30 heavy (non-hydrogen) atoms. The van der Waals surface area contributed by atoms with Crippen LogP contribution in [0.1, 0.15) is 52.6 Å². The van der Waals surface area contributed by atoms with E-state index in [0.717, 1.165) is 15.6 Å². The van der Waals surface area contributed by atoms with Gasteiger partial charge in [0.2, 0.25) is 5.91 Å². The van der Waals surface area contributed by atoms with E-state index >= 15 is 0 Å². The van der Waals surface area contributed by atoms with Crippen molar-refractivity contribution in [3.63, 3.8) is 0 Å². The van der Waals surface area contributed by atoms with Crippen molar-refractivity contribution in [2.24, 2.45) is 5.41 Å². The summed E-state index contributed by atoms with van der Waals surface area (Å²) in [6.07, 6.45) is 0.488. The number of hydrogen-bond donors (Lipinski definition) is 2. The van der Waals surface area contributed by atoms with Gasteiger partial charge in [-0.3, -0.25) is 20.4 Å². The van der Waals surface area contributed by atoms with E-state index < -0.39 is 17.3 Å². The van der Waals surface area contributed by atoms with Crippen LogP contribution in [0, 0.1) is 12.3 Å². The summed E-state index contributed by atoms with van der Waals surface area (Å²) in [7, 11) is 0. The molecular formula is C22H24Br2N2O4. The van der Waals surface area contributed by atoms with Gasteiger partial charge in [0.25, 0.3) is 5.91 Å². The number of ether oxygens (including phenoxy) is 1. The molecule has 0 bridgehead atoms. The number of carbonyl (C=O) groups is 3. The average molecular weight is 540 g/mol. The number of nitrogens with one attached hydrogen (secondary N) is 2. The lowest BCUT2D eigenvalue weighted by Gasteiger charge is -2.18. The number of benzene rings is 2. The molecule has 160 valence electrons. The van der Waals surface area contributed by atoms with Crippen molar-refractivity contribution in [3.8, 4) is 0 Å². The summed E-state index contributed by atoms with van der Waals surface area (Å²) in [4.78, 5) is 36.3. The molecule has 2 aromatic carbocycles. The van der Waals surface area contributed by atoms with E-state index in [2.05, 4.69) is 42.7 Å². The Morgan fingerprint density at radius 2 is 1.57 bits per heavy atom. The monoisotopic (exact) mass is 538 g/mol. The zero-order valence-corrected chi connectivity index (χ0v) is 20.4. The summed E-state index contributed by atoms with van der Waals surface area (Å²) in [5.41, 5.74) is 7.01. The van der Waals surface area contributed by atoms with Crippen molar-refractivity contribution in [2.75, 3.05) is 6.61 Å². The summed E-state index contributed by atoms with van der Waals surface area (Å²) in [6, 6.07) is 10.4. The first kappa shape index (κ1) is 24.1. The quantitative estimate of drug-likeness (QED) is 0.425. The largest absolute Gasteiger partial charge is 0.462 e. The van der Waals surface area contributed by atoms with Crippen LogP contribution < -0.4 is 10.9 Å². The van der Waals surface area contributed by atoms with E-state index in [1.54, 1.807) is 51.1 Å². The van der Waals surface area contributed by atoms with Crippen molar-refractivity contribution in [3.05, 3.63) is 67.6 Å². The molecule has 2 rings (SSSR count). The molecule has 0 spiro atoms. The Hall–Kier alpha value is -2.19. The van der Waals surface area contributed by atoms with E-state index in [0.29, 0.717) is 22.0 Å². The molecule has 0 unspecified atom stereocenters. The number of hydrazine groups is 1. The van der Waals surface area contributed by atoms with Gasteiger partial charge in [-0.2, -0.15) is 0 Å². The zero-order valence-electron chi connectivity index (χ0n) is 17.3. The molecule has 2 N–H and O–H groups in total. The molecule has 2 aromatic rings. The topological polar surface area (TPSA) is 84.5 Å². The molecule has 2 amide bonds. The maximum absolute atomic E-state index is 12.2. The Morgan fingerprint density at radius 1 is 0.933 bits per heavy atom. The van der Waals surface area contributed by atoms with Gasteiger partial charge in [-0.1, -0.05) is 64.8 Å². The Bertz CT molecular complexity index is 968. The SMILES string of the molecule is Cc1ccc(C(=O)OCCc2ccc(C(=O)NNC(=O)C(C)(C)C)cc2Br)cc1Br. The highest BCUT2D eigenvalue weighted by Gasteiger charge is 2.21. The molecule has 0 aromatic heterocycles. The van der Waals surface area contributed by atoms with Crippen LogP contribution in [-0.2, 0) is 16.0 Å². The molecule has 0 aliphatic carbocycles. The third-order valence-electron chi connectivity index (χ3n) is 4.30. The van der Waals surface area contributed by atoms with Crippen molar-refractivity contribution in [1.82, 2.24) is 10.9 Å². The van der Waals surface area contributed by atoms with Gasteiger partial charge in [0.1, 0.15) is 0 Å². The smallest absolute Gasteiger partial charge is 0.338 e. The summed E-state index contributed by atoms with van der Waals surface area (Å²) < 4.78 is 6.92. The molecule has 0 saturated heterocycles. The number of amides is 2. The van der Waals surface area contributed by atoms with Gasteiger partial charge in [-0.25, -0.2) is 4.79 Å². The predicted molar refractivity (Wildman–Crippen MR) is 122 cm³/mol. The molecule has 0 fully saturated rings. The second-order valence-corrected chi connectivity index (χ2v) is 9.52. The summed E-state index contributed by atoms with van der Waals surface area (Å²) in [5.74, 6) is -1.09. The molecule has 0 aliphatic heterocycles. The van der Waals surface area contributed by atoms with Gasteiger partial charge in [-0.15, -0.1) is 0 Å². The molecule has 0 aliphatic rings. The van der Waals surface area contributed by atoms with Crippen molar-refractivity contribution in [1.29, 1.82) is 0 Å². The van der Waals surface area contributed by atoms with Crippen molar-refractivity contribution < 1.29 is 19.1 Å². The molecular weight excluding hydrogens is 516 g/mol. The number of hydrogen-bond acceptors (Lipinski definition) is 4. The van der Waals surface area contributed by atoms with Crippen molar-refractivity contribution >= 4 is 49.6 Å². The van der Waals surface area contributed by atoms with E-state index in [1.807, 2.05) is 13.0 Å². The summed E-state index contributed by atoms with van der Waals surface area (Å²) in [5, 5.41) is 0. The molecule has 0 heterocycles. The fourth-order valence-electron chi connectivity index (χ4n) is 2.32. The van der Waals surface area contributed by atoms with Crippen LogP contribution in [0.5, 0.6) is 0 Å². The van der Waals surface area contributed by atoms with Gasteiger partial charge in [-0.05, 0) is 42.3 Å². The normalized spacial score (nSPS) is 11.0. The second-order valence-electron chi connectivity index (χ2n) is 7.81. The Morgan fingerprint density at radius 3 is 2.17 bits per heavy atom. The van der Waals surface area contributed by atoms with Crippen LogP contribution in [0.2, 0.25) is 0 Å². The number of aryl methyl sites for hydroxylation is 1. The third-order valence-corrected chi connectivity index (χ3v) is 5.89. The summed E-state index contributed by atoms with van der Waals surface area (Å²) in [6.45, 7) is 7.41. The van der Waals surface area contributed by atoms with Crippen LogP contribution in [0.4, 0.5) is 0 Å². The lowest BCUT2D eigenvalue weighted by Crippen LogP contribution is -2.46. The lowest BCUT2D eigenvalue weighted by molar-refractivity contribution is -0.129. The van der Waals surface area contributed by atoms with E-state index in [-0.39, 0.29) is 12.5 Å². The zero-order chi connectivity index (χ0) is 22.5. The van der Waals surface area contributed by atoms with Crippen LogP contribution in [-0.4, -0.2) is 24.4 Å². The number of halogens is 2. The van der Waals surface area contributed by atoms with Gasteiger partial charge >= 0.3 is 5.97 Å². The minimum atomic E-state index is -0.607. The minimum absolute atomic E-state index is 0.204. The first-order valence-electron chi connectivity index (χ1n) is 9.31. The number of rotatable bonds is 5. The number of carbonyl (C=O) groups excluding carboxylic acids is 3. The second kappa shape index (κ2) is 10.2. The lowest BCUT2D eigenvalue weighted by atomic mass is 9.96. The molecule has 0 radical (unpaired) electrons. The minimum Gasteiger partial charge on any atom is -0.462 e. The fourth-order valence-corrected chi connectivity index (χ4v) is 3.28. The molecule has 8 heteroatoms. The Labute approximate surface area is 193 Å². The summed E-state index contributed by atoms with van der Waals surface area (Å²) >= 11 is 6.85. The average Bonchev–Trinajstić information content (AvgIpc) is 2.68. The highest BCUT2D eigenvalue weighted by molar-refractivity contribution is 9.10. The van der Waals surface area contributed by atoms with Gasteiger partial charge in [0.15, 0.2) is 0 Å². The first-order chi connectivity index (χ1) is 14.0. The first-order valence-corrected chi connectivity index (χ1v) is 10.9. The molecule has 6 nitrogen and oxygen atoms in total. The third kappa shape index (κ3) is 6.67. The predicted octanol–water partition coefficient (Wildman–Crippen LogP) is 4.73. The van der Waals surface area contributed by atoms with Gasteiger partial charge < -0.3 is 4.74 Å². The van der Waals surface area contributed by atoms with E-state index in [1.165, 1.54) is 0 Å². The molecule has 0 atom stereocenters. The number of esters is 1. The van der Waals surface area contributed by atoms with Crippen LogP contribution >= 0.6 is 31.9 Å². The maximum Gasteiger partial charge on any atom is 0.338 e. The Balaban J connectivity index is 1.90. The Kier molecular flexibility index (Phi) is 8.20.